The molecule has 4 rings (SSSR count). The van der Waals surface area contributed by atoms with Gasteiger partial charge in [-0.05, 0) is 30.0 Å². The van der Waals surface area contributed by atoms with Crippen LogP contribution in [0.5, 0.6) is 5.75 Å². The highest BCUT2D eigenvalue weighted by Crippen LogP contribution is 2.26. The van der Waals surface area contributed by atoms with E-state index in [0.29, 0.717) is 18.8 Å². The summed E-state index contributed by atoms with van der Waals surface area (Å²) >= 11 is 0. The summed E-state index contributed by atoms with van der Waals surface area (Å²) in [5.74, 6) is 0.660. The summed E-state index contributed by atoms with van der Waals surface area (Å²) in [5.41, 5.74) is 0. The largest absolute Gasteiger partial charge is 0.484 e. The summed E-state index contributed by atoms with van der Waals surface area (Å²) in [6.45, 7) is 1.14. The van der Waals surface area contributed by atoms with Crippen molar-refractivity contribution in [1.82, 2.24) is 9.80 Å². The second kappa shape index (κ2) is 6.55. The van der Waals surface area contributed by atoms with Crippen LogP contribution in [0.4, 0.5) is 0 Å². The molecule has 0 radical (unpaired) electrons. The maximum absolute atomic E-state index is 12.7. The van der Waals surface area contributed by atoms with Crippen molar-refractivity contribution in [3.63, 3.8) is 0 Å². The monoisotopic (exact) mass is 374 g/mol. The zero-order valence-corrected chi connectivity index (χ0v) is 15.5. The molecule has 0 bridgehead atoms. The number of hydrogen-bond acceptors (Lipinski definition) is 5. The van der Waals surface area contributed by atoms with Gasteiger partial charge in [0.1, 0.15) is 5.75 Å². The molecule has 6 nitrogen and oxygen atoms in total. The molecule has 2 atom stereocenters. The smallest absolute Gasteiger partial charge is 0.260 e. The molecule has 0 aliphatic carbocycles. The fourth-order valence-electron chi connectivity index (χ4n) is 3.92. The number of carbonyl (C=O) groups is 1. The zero-order chi connectivity index (χ0) is 18.3. The summed E-state index contributed by atoms with van der Waals surface area (Å²) in [6, 6.07) is 13.3. The van der Waals surface area contributed by atoms with Gasteiger partial charge in [-0.15, -0.1) is 0 Å². The lowest BCUT2D eigenvalue weighted by Crippen LogP contribution is -2.60. The molecule has 1 amide bonds. The Morgan fingerprint density at radius 1 is 1.08 bits per heavy atom. The number of rotatable bonds is 3. The summed E-state index contributed by atoms with van der Waals surface area (Å²) in [5, 5.41) is 2.17. The highest BCUT2D eigenvalue weighted by Gasteiger charge is 2.46. The van der Waals surface area contributed by atoms with Gasteiger partial charge >= 0.3 is 0 Å². The first-order valence-electron chi connectivity index (χ1n) is 8.75. The van der Waals surface area contributed by atoms with Crippen LogP contribution in [-0.4, -0.2) is 74.5 Å². The third-order valence-corrected chi connectivity index (χ3v) is 7.06. The molecule has 2 aromatic rings. The number of hydrogen-bond donors (Lipinski definition) is 0. The molecule has 0 spiro atoms. The van der Waals surface area contributed by atoms with Crippen molar-refractivity contribution in [2.45, 2.75) is 12.1 Å². The van der Waals surface area contributed by atoms with E-state index in [4.69, 9.17) is 4.74 Å². The van der Waals surface area contributed by atoms with Crippen LogP contribution in [0.15, 0.2) is 42.5 Å². The molecule has 2 aromatic carbocycles. The van der Waals surface area contributed by atoms with E-state index in [-0.39, 0.29) is 36.1 Å². The second-order valence-electron chi connectivity index (χ2n) is 7.08. The Kier molecular flexibility index (Phi) is 4.36. The van der Waals surface area contributed by atoms with Crippen molar-refractivity contribution < 1.29 is 17.9 Å². The van der Waals surface area contributed by atoms with E-state index in [0.717, 1.165) is 10.8 Å². The Morgan fingerprint density at radius 3 is 2.62 bits per heavy atom. The van der Waals surface area contributed by atoms with Crippen molar-refractivity contribution in [2.24, 2.45) is 0 Å². The topological polar surface area (TPSA) is 66.9 Å². The summed E-state index contributed by atoms with van der Waals surface area (Å²) < 4.78 is 29.7. The van der Waals surface area contributed by atoms with Crippen LogP contribution in [0.2, 0.25) is 0 Å². The molecule has 2 aliphatic rings. The number of ether oxygens (including phenoxy) is 1. The van der Waals surface area contributed by atoms with Crippen LogP contribution in [-0.2, 0) is 14.6 Å². The number of carbonyl (C=O) groups excluding carboxylic acids is 1. The van der Waals surface area contributed by atoms with Gasteiger partial charge in [-0.2, -0.15) is 0 Å². The average Bonchev–Trinajstić information content (AvgIpc) is 2.96. The fraction of sp³-hybridized carbons (Fsp3) is 0.421. The molecule has 138 valence electrons. The molecule has 0 N–H and O–H groups in total. The molecule has 2 saturated heterocycles. The minimum Gasteiger partial charge on any atom is -0.484 e. The predicted octanol–water partition coefficient (Wildman–Crippen LogP) is 1.16. The lowest BCUT2D eigenvalue weighted by atomic mass is 10.1. The Balaban J connectivity index is 1.45. The third kappa shape index (κ3) is 3.29. The van der Waals surface area contributed by atoms with Gasteiger partial charge in [-0.1, -0.05) is 30.3 Å². The van der Waals surface area contributed by atoms with Crippen molar-refractivity contribution in [3.05, 3.63) is 42.5 Å². The van der Waals surface area contributed by atoms with Gasteiger partial charge in [0, 0.05) is 19.1 Å². The first kappa shape index (κ1) is 17.3. The Hall–Kier alpha value is -2.12. The van der Waals surface area contributed by atoms with E-state index in [1.807, 2.05) is 54.4 Å². The minimum absolute atomic E-state index is 0.0454. The van der Waals surface area contributed by atoms with Crippen LogP contribution in [0.3, 0.4) is 0 Å². The molecule has 0 unspecified atom stereocenters. The van der Waals surface area contributed by atoms with Gasteiger partial charge in [0.05, 0.1) is 17.5 Å². The van der Waals surface area contributed by atoms with Crippen LogP contribution in [0.25, 0.3) is 10.8 Å². The van der Waals surface area contributed by atoms with E-state index in [9.17, 15) is 13.2 Å². The van der Waals surface area contributed by atoms with Crippen molar-refractivity contribution >= 4 is 26.5 Å². The number of fused-ring (bicyclic) bond motifs is 2. The number of benzene rings is 2. The number of amides is 1. The summed E-state index contributed by atoms with van der Waals surface area (Å²) in [7, 11) is -1.17. The number of piperazine rings is 1. The Labute approximate surface area is 153 Å². The van der Waals surface area contributed by atoms with Crippen molar-refractivity contribution in [1.29, 1.82) is 0 Å². The van der Waals surface area contributed by atoms with E-state index in [1.54, 1.807) is 4.90 Å². The zero-order valence-electron chi connectivity index (χ0n) is 14.7. The summed E-state index contributed by atoms with van der Waals surface area (Å²) in [6.07, 6.45) is 0. The SMILES string of the molecule is CN1CCN(C(=O)COc2ccc3ccccc3c2)[C@@H]2CS(=O)(=O)C[C@@H]21. The van der Waals surface area contributed by atoms with E-state index < -0.39 is 9.84 Å². The molecular formula is C19H22N2O4S. The van der Waals surface area contributed by atoms with Crippen LogP contribution >= 0.6 is 0 Å². The summed E-state index contributed by atoms with van der Waals surface area (Å²) in [4.78, 5) is 16.4. The van der Waals surface area contributed by atoms with E-state index in [2.05, 4.69) is 0 Å². The highest BCUT2D eigenvalue weighted by atomic mass is 32.2. The van der Waals surface area contributed by atoms with Gasteiger partial charge in [0.2, 0.25) is 0 Å². The van der Waals surface area contributed by atoms with Gasteiger partial charge in [0.25, 0.3) is 5.91 Å². The lowest BCUT2D eigenvalue weighted by Gasteiger charge is -2.42. The molecule has 0 aromatic heterocycles. The maximum Gasteiger partial charge on any atom is 0.260 e. The lowest BCUT2D eigenvalue weighted by molar-refractivity contribution is -0.138. The van der Waals surface area contributed by atoms with Crippen LogP contribution < -0.4 is 4.74 Å². The molecular weight excluding hydrogens is 352 g/mol. The first-order valence-corrected chi connectivity index (χ1v) is 10.6. The van der Waals surface area contributed by atoms with Crippen LogP contribution in [0, 0.1) is 0 Å². The molecule has 2 heterocycles. The third-order valence-electron chi connectivity index (χ3n) is 5.36. The highest BCUT2D eigenvalue weighted by molar-refractivity contribution is 7.91. The van der Waals surface area contributed by atoms with E-state index >= 15 is 0 Å². The maximum atomic E-state index is 12.7. The minimum atomic E-state index is -3.10. The van der Waals surface area contributed by atoms with Gasteiger partial charge in [-0.25, -0.2) is 8.42 Å². The quantitative estimate of drug-likeness (QED) is 0.807. The second-order valence-corrected chi connectivity index (χ2v) is 9.23. The molecule has 26 heavy (non-hydrogen) atoms. The Bertz CT molecular complexity index is 943. The molecule has 7 heteroatoms. The van der Waals surface area contributed by atoms with Gasteiger partial charge < -0.3 is 9.64 Å². The van der Waals surface area contributed by atoms with Crippen molar-refractivity contribution in [2.75, 3.05) is 38.2 Å². The first-order chi connectivity index (χ1) is 12.4. The molecule has 0 saturated carbocycles. The molecule has 2 aliphatic heterocycles. The van der Waals surface area contributed by atoms with Crippen LogP contribution in [0.1, 0.15) is 0 Å². The average molecular weight is 374 g/mol. The van der Waals surface area contributed by atoms with Gasteiger partial charge in [-0.3, -0.25) is 9.69 Å². The van der Waals surface area contributed by atoms with E-state index in [1.165, 1.54) is 0 Å². The fourth-order valence-corrected chi connectivity index (χ4v) is 5.98. The van der Waals surface area contributed by atoms with Crippen molar-refractivity contribution in [3.8, 4) is 5.75 Å². The molecule has 2 fully saturated rings. The number of likely N-dealkylation sites (N-methyl/N-ethyl adjacent to an activating group) is 1. The predicted molar refractivity (Wildman–Crippen MR) is 100 cm³/mol. The number of sulfone groups is 1. The normalized spacial score (nSPS) is 25.2. The van der Waals surface area contributed by atoms with Gasteiger partial charge in [0.15, 0.2) is 16.4 Å². The number of nitrogens with zero attached hydrogens (tertiary/aromatic N) is 2. The standard InChI is InChI=1S/C19H22N2O4S/c1-20-8-9-21(18-13-26(23,24)12-17(18)20)19(22)11-25-16-7-6-14-4-2-3-5-15(14)10-16/h2-7,10,17-18H,8-9,11-13H2,1H3/t17-,18+/m0/s1. The Morgan fingerprint density at radius 2 is 1.81 bits per heavy atom.